The monoisotopic (exact) mass is 586 g/mol. The maximum absolute atomic E-state index is 13.7. The van der Waals surface area contributed by atoms with E-state index in [1.807, 2.05) is 24.9 Å². The van der Waals surface area contributed by atoms with Crippen molar-refractivity contribution < 1.29 is 13.9 Å². The predicted octanol–water partition coefficient (Wildman–Crippen LogP) is 3.70. The van der Waals surface area contributed by atoms with Gasteiger partial charge in [-0.2, -0.15) is 10.4 Å². The number of likely N-dealkylation sites (tertiary alicyclic amines) is 1. The van der Waals surface area contributed by atoms with E-state index >= 15 is 0 Å². The minimum atomic E-state index is -0.953. The summed E-state index contributed by atoms with van der Waals surface area (Å²) >= 11 is 0. The number of carbonyl (C=O) groups excluding carboxylic acids is 1. The molecule has 43 heavy (non-hydrogen) atoms. The van der Waals surface area contributed by atoms with E-state index in [0.717, 1.165) is 59.5 Å². The quantitative estimate of drug-likeness (QED) is 0.404. The number of benzene rings is 1. The molecule has 2 aromatic heterocycles. The number of anilines is 2. The summed E-state index contributed by atoms with van der Waals surface area (Å²) in [4.78, 5) is 25.8. The Morgan fingerprint density at radius 2 is 2.00 bits per heavy atom. The van der Waals surface area contributed by atoms with Crippen LogP contribution in [0.1, 0.15) is 42.1 Å². The number of hydrogen-bond donors (Lipinski definition) is 0. The standard InChI is InChI=1S/C32H39FN8O2/c1-20-8-9-28-26(16-35-38(28)5)29(20)39-12-10-24-27(18-39)36-31(43-19-23-7-6-11-37(23)4)25(15-34)30(24)40-13-14-41(21(2)17-40)32(42)22(3)33/h8-9,16,21,23H,3,6-7,10-14,17-19H2,1-2,4-5H3/t21-,23-/m0/s1. The van der Waals surface area contributed by atoms with Crippen LogP contribution in [0.4, 0.5) is 15.8 Å². The number of ether oxygens (including phenoxy) is 1. The van der Waals surface area contributed by atoms with E-state index in [4.69, 9.17) is 9.72 Å². The van der Waals surface area contributed by atoms with Crippen molar-refractivity contribution in [1.29, 1.82) is 5.26 Å². The summed E-state index contributed by atoms with van der Waals surface area (Å²) in [6.07, 6.45) is 4.79. The van der Waals surface area contributed by atoms with Gasteiger partial charge in [0.1, 0.15) is 18.2 Å². The van der Waals surface area contributed by atoms with Crippen LogP contribution in [0.5, 0.6) is 5.88 Å². The molecule has 10 nitrogen and oxygen atoms in total. The molecule has 226 valence electrons. The Kier molecular flexibility index (Phi) is 7.73. The first-order valence-corrected chi connectivity index (χ1v) is 15.0. The number of nitrogens with zero attached hydrogens (tertiary/aromatic N) is 8. The van der Waals surface area contributed by atoms with Crippen molar-refractivity contribution in [1.82, 2.24) is 24.6 Å². The van der Waals surface area contributed by atoms with Gasteiger partial charge in [0.2, 0.25) is 5.88 Å². The Balaban J connectivity index is 1.39. The minimum absolute atomic E-state index is 0.258. The number of pyridine rings is 1. The second-order valence-electron chi connectivity index (χ2n) is 12.1. The van der Waals surface area contributed by atoms with E-state index in [2.05, 4.69) is 58.6 Å². The first kappa shape index (κ1) is 28.9. The van der Waals surface area contributed by atoms with Crippen LogP contribution in [-0.4, -0.2) is 88.9 Å². The lowest BCUT2D eigenvalue weighted by atomic mass is 9.96. The highest BCUT2D eigenvalue weighted by molar-refractivity contribution is 5.94. The van der Waals surface area contributed by atoms with Crippen molar-refractivity contribution in [2.75, 3.05) is 56.2 Å². The molecule has 2 atom stereocenters. The Morgan fingerprint density at radius 1 is 1.19 bits per heavy atom. The van der Waals surface area contributed by atoms with Crippen LogP contribution in [0.3, 0.4) is 0 Å². The molecule has 0 spiro atoms. The number of likely N-dealkylation sites (N-methyl/N-ethyl adjacent to an activating group) is 1. The lowest BCUT2D eigenvalue weighted by Crippen LogP contribution is -2.54. The highest BCUT2D eigenvalue weighted by Gasteiger charge is 2.35. The second kappa shape index (κ2) is 11.5. The van der Waals surface area contributed by atoms with Crippen LogP contribution < -0.4 is 14.5 Å². The number of fused-ring (bicyclic) bond motifs is 2. The van der Waals surface area contributed by atoms with Crippen LogP contribution in [0.25, 0.3) is 10.9 Å². The SMILES string of the molecule is C=C(F)C(=O)N1CCN(c2c(C#N)c(OC[C@@H]3CCCN3C)nc3c2CCN(c2c(C)ccc4c2cnn4C)C3)C[C@@H]1C. The first-order chi connectivity index (χ1) is 20.7. The zero-order valence-corrected chi connectivity index (χ0v) is 25.4. The number of piperazine rings is 1. The van der Waals surface area contributed by atoms with Crippen LogP contribution in [0, 0.1) is 18.3 Å². The van der Waals surface area contributed by atoms with Crippen molar-refractivity contribution in [3.05, 3.63) is 53.1 Å². The molecule has 2 fully saturated rings. The second-order valence-corrected chi connectivity index (χ2v) is 12.1. The minimum Gasteiger partial charge on any atom is -0.475 e. The Morgan fingerprint density at radius 3 is 2.70 bits per heavy atom. The van der Waals surface area contributed by atoms with E-state index in [1.165, 1.54) is 10.5 Å². The molecule has 1 aromatic carbocycles. The molecular weight excluding hydrogens is 547 g/mol. The van der Waals surface area contributed by atoms with Crippen molar-refractivity contribution in [2.45, 2.75) is 51.7 Å². The first-order valence-electron chi connectivity index (χ1n) is 15.0. The molecule has 0 aliphatic carbocycles. The zero-order valence-electron chi connectivity index (χ0n) is 25.4. The number of aryl methyl sites for hydroxylation is 2. The third kappa shape index (κ3) is 5.18. The largest absolute Gasteiger partial charge is 0.475 e. The molecule has 5 heterocycles. The molecule has 0 bridgehead atoms. The van der Waals surface area contributed by atoms with E-state index in [0.29, 0.717) is 50.7 Å². The van der Waals surface area contributed by atoms with Gasteiger partial charge in [-0.1, -0.05) is 12.6 Å². The number of nitriles is 1. The fraction of sp³-hybridized carbons (Fsp3) is 0.500. The summed E-state index contributed by atoms with van der Waals surface area (Å²) < 4.78 is 22.0. The number of carbonyl (C=O) groups is 1. The van der Waals surface area contributed by atoms with Crippen LogP contribution >= 0.6 is 0 Å². The van der Waals surface area contributed by atoms with Gasteiger partial charge in [-0.05, 0) is 58.3 Å². The van der Waals surface area contributed by atoms with Crippen molar-refractivity contribution in [2.24, 2.45) is 7.05 Å². The Bertz CT molecular complexity index is 1630. The summed E-state index contributed by atoms with van der Waals surface area (Å²) in [6, 6.07) is 6.67. The van der Waals surface area contributed by atoms with Crippen LogP contribution in [-0.2, 0) is 24.8 Å². The van der Waals surface area contributed by atoms with E-state index < -0.39 is 11.7 Å². The number of aromatic nitrogens is 3. The molecule has 1 amide bonds. The topological polar surface area (TPSA) is 93.8 Å². The fourth-order valence-electron chi connectivity index (χ4n) is 7.01. The molecule has 0 N–H and O–H groups in total. The highest BCUT2D eigenvalue weighted by atomic mass is 19.1. The summed E-state index contributed by atoms with van der Waals surface area (Å²) in [5, 5.41) is 16.1. The molecule has 3 aliphatic rings. The molecular formula is C32H39FN8O2. The third-order valence-electron chi connectivity index (χ3n) is 9.35. The molecule has 6 rings (SSSR count). The molecule has 0 radical (unpaired) electrons. The van der Waals surface area contributed by atoms with Gasteiger partial charge in [0.25, 0.3) is 5.91 Å². The third-order valence-corrected chi connectivity index (χ3v) is 9.35. The van der Waals surface area contributed by atoms with Gasteiger partial charge in [0.05, 0.1) is 35.3 Å². The fourth-order valence-corrected chi connectivity index (χ4v) is 7.01. The molecule has 11 heteroatoms. The molecule has 0 unspecified atom stereocenters. The van der Waals surface area contributed by atoms with Crippen molar-refractivity contribution >= 4 is 28.2 Å². The summed E-state index contributed by atoms with van der Waals surface area (Å²) in [6.45, 7) is 11.3. The Labute approximate surface area is 251 Å². The lowest BCUT2D eigenvalue weighted by Gasteiger charge is -2.42. The predicted molar refractivity (Wildman–Crippen MR) is 164 cm³/mol. The van der Waals surface area contributed by atoms with Gasteiger partial charge < -0.3 is 24.3 Å². The lowest BCUT2D eigenvalue weighted by molar-refractivity contribution is -0.131. The molecule has 0 saturated carbocycles. The highest BCUT2D eigenvalue weighted by Crippen LogP contribution is 2.40. The van der Waals surface area contributed by atoms with Crippen LogP contribution in [0.2, 0.25) is 0 Å². The number of rotatable bonds is 6. The Hall–Kier alpha value is -4.17. The van der Waals surface area contributed by atoms with E-state index in [-0.39, 0.29) is 12.1 Å². The average molecular weight is 587 g/mol. The summed E-state index contributed by atoms with van der Waals surface area (Å²) in [7, 11) is 4.05. The number of amides is 1. The summed E-state index contributed by atoms with van der Waals surface area (Å²) in [5.41, 5.74) is 6.57. The van der Waals surface area contributed by atoms with Gasteiger partial charge in [0.15, 0.2) is 5.83 Å². The molecule has 3 aromatic rings. The average Bonchev–Trinajstić information content (AvgIpc) is 3.58. The van der Waals surface area contributed by atoms with E-state index in [1.54, 1.807) is 0 Å². The number of halogens is 1. The zero-order chi connectivity index (χ0) is 30.4. The maximum Gasteiger partial charge on any atom is 0.282 e. The van der Waals surface area contributed by atoms with Gasteiger partial charge in [-0.3, -0.25) is 9.48 Å². The van der Waals surface area contributed by atoms with Crippen LogP contribution in [0.15, 0.2) is 30.7 Å². The van der Waals surface area contributed by atoms with E-state index in [9.17, 15) is 14.4 Å². The summed E-state index contributed by atoms with van der Waals surface area (Å²) in [5.74, 6) is -1.27. The molecule has 2 saturated heterocycles. The normalized spacial score (nSPS) is 20.8. The smallest absolute Gasteiger partial charge is 0.282 e. The van der Waals surface area contributed by atoms with Crippen molar-refractivity contribution in [3.8, 4) is 11.9 Å². The van der Waals surface area contributed by atoms with Gasteiger partial charge >= 0.3 is 0 Å². The van der Waals surface area contributed by atoms with Crippen molar-refractivity contribution in [3.63, 3.8) is 0 Å². The van der Waals surface area contributed by atoms with Gasteiger partial charge in [0, 0.05) is 56.3 Å². The molecule has 3 aliphatic heterocycles. The van der Waals surface area contributed by atoms with Gasteiger partial charge in [-0.15, -0.1) is 0 Å². The number of hydrogen-bond acceptors (Lipinski definition) is 8. The van der Waals surface area contributed by atoms with Gasteiger partial charge in [-0.25, -0.2) is 9.37 Å². The maximum atomic E-state index is 13.7.